The highest BCUT2D eigenvalue weighted by atomic mass is 19.1. The first-order valence-electron chi connectivity index (χ1n) is 6.49. The largest absolute Gasteiger partial charge is 0.329 e. The molecule has 3 heteroatoms. The molecular formula is C15H16FNO. The summed E-state index contributed by atoms with van der Waals surface area (Å²) in [6.45, 7) is 0. The summed E-state index contributed by atoms with van der Waals surface area (Å²) in [7, 11) is 0. The van der Waals surface area contributed by atoms with Crippen molar-refractivity contribution >= 4 is 5.91 Å². The van der Waals surface area contributed by atoms with Gasteiger partial charge in [-0.1, -0.05) is 24.3 Å². The lowest BCUT2D eigenvalue weighted by Gasteiger charge is -2.43. The molecule has 2 aliphatic rings. The van der Waals surface area contributed by atoms with E-state index in [-0.39, 0.29) is 23.8 Å². The standard InChI is InChI=1S/C15H16FNO/c16-12-9-7-11(8-10-12)14-5-1-3-13-4-2-6-15(18)17(13)14/h2,4,7-10,13-14H,1,3,5-6H2/t13-,14+/m0/s1. The second kappa shape index (κ2) is 4.56. The van der Waals surface area contributed by atoms with E-state index in [0.29, 0.717) is 6.42 Å². The topological polar surface area (TPSA) is 20.3 Å². The Balaban J connectivity index is 1.93. The van der Waals surface area contributed by atoms with Gasteiger partial charge in [0.05, 0.1) is 12.1 Å². The van der Waals surface area contributed by atoms with E-state index in [2.05, 4.69) is 6.08 Å². The molecule has 0 aromatic heterocycles. The highest BCUT2D eigenvalue weighted by Crippen LogP contribution is 2.36. The summed E-state index contributed by atoms with van der Waals surface area (Å²) in [5, 5.41) is 0. The molecule has 2 heterocycles. The van der Waals surface area contributed by atoms with Crippen molar-refractivity contribution in [1.82, 2.24) is 4.90 Å². The van der Waals surface area contributed by atoms with Crippen molar-refractivity contribution in [2.75, 3.05) is 0 Å². The van der Waals surface area contributed by atoms with Crippen molar-refractivity contribution in [2.45, 2.75) is 37.8 Å². The molecule has 1 aromatic carbocycles. The molecule has 0 bridgehead atoms. The maximum atomic E-state index is 13.0. The van der Waals surface area contributed by atoms with E-state index in [1.807, 2.05) is 11.0 Å². The van der Waals surface area contributed by atoms with Crippen LogP contribution in [0.1, 0.15) is 37.3 Å². The Kier molecular flexibility index (Phi) is 2.90. The van der Waals surface area contributed by atoms with E-state index in [1.165, 1.54) is 12.1 Å². The summed E-state index contributed by atoms with van der Waals surface area (Å²) in [6, 6.07) is 6.89. The highest BCUT2D eigenvalue weighted by molar-refractivity contribution is 5.80. The Morgan fingerprint density at radius 2 is 1.94 bits per heavy atom. The van der Waals surface area contributed by atoms with E-state index < -0.39 is 0 Å². The number of amides is 1. The average Bonchev–Trinajstić information content (AvgIpc) is 2.39. The van der Waals surface area contributed by atoms with Crippen LogP contribution in [0.25, 0.3) is 0 Å². The third-order valence-corrected chi connectivity index (χ3v) is 3.86. The van der Waals surface area contributed by atoms with Gasteiger partial charge in [-0.2, -0.15) is 0 Å². The lowest BCUT2D eigenvalue weighted by Crippen LogP contribution is -2.46. The van der Waals surface area contributed by atoms with Crippen molar-refractivity contribution in [1.29, 1.82) is 0 Å². The number of benzene rings is 1. The zero-order valence-electron chi connectivity index (χ0n) is 10.2. The lowest BCUT2D eigenvalue weighted by atomic mass is 9.88. The second-order valence-corrected chi connectivity index (χ2v) is 5.00. The molecule has 0 saturated carbocycles. The molecule has 2 atom stereocenters. The summed E-state index contributed by atoms with van der Waals surface area (Å²) < 4.78 is 13.0. The van der Waals surface area contributed by atoms with Gasteiger partial charge in [0.15, 0.2) is 0 Å². The van der Waals surface area contributed by atoms with Gasteiger partial charge in [0.1, 0.15) is 5.82 Å². The van der Waals surface area contributed by atoms with Gasteiger partial charge in [-0.15, -0.1) is 0 Å². The maximum Gasteiger partial charge on any atom is 0.227 e. The molecule has 0 radical (unpaired) electrons. The minimum atomic E-state index is -0.226. The molecule has 18 heavy (non-hydrogen) atoms. The van der Waals surface area contributed by atoms with Crippen LogP contribution in [-0.2, 0) is 4.79 Å². The molecule has 1 fully saturated rings. The summed E-state index contributed by atoms with van der Waals surface area (Å²) in [6.07, 6.45) is 7.73. The maximum absolute atomic E-state index is 13.0. The van der Waals surface area contributed by atoms with Crippen LogP contribution in [0.15, 0.2) is 36.4 Å². The van der Waals surface area contributed by atoms with Crippen LogP contribution in [0.4, 0.5) is 4.39 Å². The van der Waals surface area contributed by atoms with Gasteiger partial charge in [-0.3, -0.25) is 4.79 Å². The summed E-state index contributed by atoms with van der Waals surface area (Å²) >= 11 is 0. The van der Waals surface area contributed by atoms with Gasteiger partial charge >= 0.3 is 0 Å². The highest BCUT2D eigenvalue weighted by Gasteiger charge is 2.34. The first kappa shape index (κ1) is 11.5. The van der Waals surface area contributed by atoms with Gasteiger partial charge < -0.3 is 4.90 Å². The monoisotopic (exact) mass is 245 g/mol. The molecule has 3 rings (SSSR count). The van der Waals surface area contributed by atoms with Crippen LogP contribution in [-0.4, -0.2) is 16.8 Å². The number of hydrogen-bond donors (Lipinski definition) is 0. The Bertz CT molecular complexity index is 480. The molecule has 0 spiro atoms. The van der Waals surface area contributed by atoms with Crippen LogP contribution < -0.4 is 0 Å². The van der Waals surface area contributed by atoms with Crippen molar-refractivity contribution in [3.05, 3.63) is 47.8 Å². The van der Waals surface area contributed by atoms with E-state index in [0.717, 1.165) is 24.8 Å². The number of carbonyl (C=O) groups excluding carboxylic acids is 1. The molecule has 1 saturated heterocycles. The smallest absolute Gasteiger partial charge is 0.227 e. The first-order valence-corrected chi connectivity index (χ1v) is 6.49. The lowest BCUT2D eigenvalue weighted by molar-refractivity contribution is -0.137. The number of piperidine rings is 1. The van der Waals surface area contributed by atoms with Crippen molar-refractivity contribution in [2.24, 2.45) is 0 Å². The fourth-order valence-electron chi connectivity index (χ4n) is 3.02. The Hall–Kier alpha value is -1.64. The average molecular weight is 245 g/mol. The molecule has 0 N–H and O–H groups in total. The first-order chi connectivity index (χ1) is 8.75. The summed E-state index contributed by atoms with van der Waals surface area (Å²) in [5.74, 6) is -0.0347. The van der Waals surface area contributed by atoms with Gasteiger partial charge in [0.25, 0.3) is 0 Å². The van der Waals surface area contributed by atoms with E-state index >= 15 is 0 Å². The number of hydrogen-bond acceptors (Lipinski definition) is 1. The SMILES string of the molecule is O=C1CC=C[C@@H]2CCC[C@H](c3ccc(F)cc3)N12. The third-order valence-electron chi connectivity index (χ3n) is 3.86. The number of rotatable bonds is 1. The fraction of sp³-hybridized carbons (Fsp3) is 0.400. The summed E-state index contributed by atoms with van der Waals surface area (Å²) in [4.78, 5) is 14.1. The molecule has 1 aromatic rings. The van der Waals surface area contributed by atoms with Crippen LogP contribution in [0.5, 0.6) is 0 Å². The second-order valence-electron chi connectivity index (χ2n) is 5.00. The zero-order valence-corrected chi connectivity index (χ0v) is 10.2. The van der Waals surface area contributed by atoms with Gasteiger partial charge in [-0.05, 0) is 37.0 Å². The number of carbonyl (C=O) groups is 1. The minimum Gasteiger partial charge on any atom is -0.329 e. The van der Waals surface area contributed by atoms with Crippen LogP contribution >= 0.6 is 0 Å². The van der Waals surface area contributed by atoms with Crippen LogP contribution in [0.3, 0.4) is 0 Å². The van der Waals surface area contributed by atoms with E-state index in [1.54, 1.807) is 12.1 Å². The normalized spacial score (nSPS) is 27.2. The predicted molar refractivity (Wildman–Crippen MR) is 67.4 cm³/mol. The minimum absolute atomic E-state index is 0.113. The molecule has 2 aliphatic heterocycles. The van der Waals surface area contributed by atoms with Gasteiger partial charge in [0, 0.05) is 6.42 Å². The van der Waals surface area contributed by atoms with Gasteiger partial charge in [-0.25, -0.2) is 4.39 Å². The number of fused-ring (bicyclic) bond motifs is 1. The van der Waals surface area contributed by atoms with Crippen LogP contribution in [0, 0.1) is 5.82 Å². The molecular weight excluding hydrogens is 229 g/mol. The molecule has 1 amide bonds. The molecule has 2 nitrogen and oxygen atoms in total. The van der Waals surface area contributed by atoms with Crippen molar-refractivity contribution in [3.8, 4) is 0 Å². The Morgan fingerprint density at radius 3 is 2.72 bits per heavy atom. The summed E-state index contributed by atoms with van der Waals surface area (Å²) in [5.41, 5.74) is 1.05. The van der Waals surface area contributed by atoms with E-state index in [4.69, 9.17) is 0 Å². The van der Waals surface area contributed by atoms with E-state index in [9.17, 15) is 9.18 Å². The Labute approximate surface area is 106 Å². The predicted octanol–water partition coefficient (Wildman–Crippen LogP) is 3.21. The molecule has 94 valence electrons. The molecule has 0 aliphatic carbocycles. The van der Waals surface area contributed by atoms with Crippen LogP contribution in [0.2, 0.25) is 0 Å². The van der Waals surface area contributed by atoms with Crippen molar-refractivity contribution in [3.63, 3.8) is 0 Å². The quantitative estimate of drug-likeness (QED) is 0.696. The van der Waals surface area contributed by atoms with Gasteiger partial charge in [0.2, 0.25) is 5.91 Å². The third kappa shape index (κ3) is 1.94. The zero-order chi connectivity index (χ0) is 12.5. The fourth-order valence-corrected chi connectivity index (χ4v) is 3.02. The number of nitrogens with zero attached hydrogens (tertiary/aromatic N) is 1. The Morgan fingerprint density at radius 1 is 1.17 bits per heavy atom. The number of halogens is 1. The molecule has 0 unspecified atom stereocenters. The van der Waals surface area contributed by atoms with Crippen molar-refractivity contribution < 1.29 is 9.18 Å².